The Morgan fingerprint density at radius 1 is 1.00 bits per heavy atom. The fourth-order valence-electron chi connectivity index (χ4n) is 5.99. The molecule has 3 aliphatic rings. The van der Waals surface area contributed by atoms with Crippen molar-refractivity contribution in [1.29, 1.82) is 0 Å². The van der Waals surface area contributed by atoms with Crippen molar-refractivity contribution in [1.82, 2.24) is 0 Å². The lowest BCUT2D eigenvalue weighted by atomic mass is 9.75. The number of hydrogen-bond acceptors (Lipinski definition) is 5. The quantitative estimate of drug-likeness (QED) is 0.254. The SMILES string of the molecule is CC1(C)c2c(ccc3ccccc23)N(C2CC2)C12C=Nc1cc([N+](=O)[O-])c3ccccc3c1O2. The Hall–Kier alpha value is -3.93. The Bertz CT molecular complexity index is 1570. The maximum Gasteiger partial charge on any atom is 0.279 e. The molecule has 1 saturated carbocycles. The molecule has 0 saturated heterocycles. The molecule has 4 aromatic carbocycles. The van der Waals surface area contributed by atoms with E-state index in [9.17, 15) is 10.1 Å². The van der Waals surface area contributed by atoms with Crippen molar-refractivity contribution in [2.45, 2.75) is 43.9 Å². The molecule has 0 N–H and O–H groups in total. The smallest absolute Gasteiger partial charge is 0.279 e. The summed E-state index contributed by atoms with van der Waals surface area (Å²) in [5.41, 5.74) is 1.75. The molecule has 0 aromatic heterocycles. The number of nitro benzene ring substituents is 1. The molecular formula is C28H23N3O3. The molecule has 2 aliphatic heterocycles. The molecule has 168 valence electrons. The summed E-state index contributed by atoms with van der Waals surface area (Å²) in [6.07, 6.45) is 4.10. The Morgan fingerprint density at radius 3 is 2.44 bits per heavy atom. The van der Waals surface area contributed by atoms with Gasteiger partial charge in [0.2, 0.25) is 5.72 Å². The highest BCUT2D eigenvalue weighted by atomic mass is 16.6. The summed E-state index contributed by atoms with van der Waals surface area (Å²) in [5, 5.41) is 15.5. The zero-order valence-electron chi connectivity index (χ0n) is 19.0. The van der Waals surface area contributed by atoms with Gasteiger partial charge in [0.1, 0.15) is 5.69 Å². The predicted octanol–water partition coefficient (Wildman–Crippen LogP) is 6.65. The highest BCUT2D eigenvalue weighted by molar-refractivity contribution is 6.03. The standard InChI is InChI=1S/C28H23N3O3/c1-27(2)25-19-8-4-3-7-17(19)11-14-23(25)30(18-12-13-18)28(27)16-29-22-15-24(31(32)33)20-9-5-6-10-21(20)26(22)34-28/h3-11,14-16,18H,12-13H2,1-2H3. The van der Waals surface area contributed by atoms with Crippen molar-refractivity contribution in [3.63, 3.8) is 0 Å². The fraction of sp³-hybridized carbons (Fsp3) is 0.250. The van der Waals surface area contributed by atoms with Gasteiger partial charge in [0.25, 0.3) is 5.69 Å². The van der Waals surface area contributed by atoms with E-state index in [1.165, 1.54) is 28.1 Å². The van der Waals surface area contributed by atoms with Gasteiger partial charge in [0.15, 0.2) is 5.75 Å². The summed E-state index contributed by atoms with van der Waals surface area (Å²) in [7, 11) is 0. The molecule has 0 radical (unpaired) electrons. The molecule has 7 rings (SSSR count). The van der Waals surface area contributed by atoms with Crippen LogP contribution in [0.1, 0.15) is 32.3 Å². The summed E-state index contributed by atoms with van der Waals surface area (Å²) in [5.74, 6) is 0.611. The third kappa shape index (κ3) is 2.32. The average molecular weight is 450 g/mol. The van der Waals surface area contributed by atoms with Crippen molar-refractivity contribution >= 4 is 44.8 Å². The van der Waals surface area contributed by atoms with Crippen molar-refractivity contribution in [2.75, 3.05) is 4.90 Å². The van der Waals surface area contributed by atoms with Crippen molar-refractivity contribution in [3.8, 4) is 5.75 Å². The van der Waals surface area contributed by atoms with E-state index in [1.54, 1.807) is 6.07 Å². The molecule has 6 nitrogen and oxygen atoms in total. The average Bonchev–Trinajstić information content (AvgIpc) is 3.65. The second-order valence-corrected chi connectivity index (χ2v) is 10.0. The molecule has 0 amide bonds. The van der Waals surface area contributed by atoms with E-state index in [0.717, 1.165) is 18.2 Å². The Morgan fingerprint density at radius 2 is 1.71 bits per heavy atom. The molecule has 4 aromatic rings. The van der Waals surface area contributed by atoms with Crippen LogP contribution in [-0.4, -0.2) is 22.9 Å². The van der Waals surface area contributed by atoms with Gasteiger partial charge in [-0.15, -0.1) is 0 Å². The van der Waals surface area contributed by atoms with Gasteiger partial charge in [-0.3, -0.25) is 15.1 Å². The highest BCUT2D eigenvalue weighted by Crippen LogP contribution is 2.59. The monoisotopic (exact) mass is 449 g/mol. The first-order valence-electron chi connectivity index (χ1n) is 11.7. The minimum absolute atomic E-state index is 0.0464. The minimum Gasteiger partial charge on any atom is -0.459 e. The molecule has 1 spiro atoms. The zero-order chi connectivity index (χ0) is 23.2. The molecule has 1 fully saturated rings. The number of nitro groups is 1. The van der Waals surface area contributed by atoms with E-state index in [4.69, 9.17) is 9.73 Å². The largest absolute Gasteiger partial charge is 0.459 e. The van der Waals surface area contributed by atoms with Gasteiger partial charge in [0, 0.05) is 23.2 Å². The van der Waals surface area contributed by atoms with Crippen LogP contribution in [0.15, 0.2) is 71.7 Å². The van der Waals surface area contributed by atoms with Crippen molar-refractivity contribution in [3.05, 3.63) is 82.4 Å². The summed E-state index contributed by atoms with van der Waals surface area (Å²) >= 11 is 0. The van der Waals surface area contributed by atoms with Gasteiger partial charge in [-0.1, -0.05) is 48.5 Å². The van der Waals surface area contributed by atoms with Crippen LogP contribution in [0.2, 0.25) is 0 Å². The number of hydrogen-bond donors (Lipinski definition) is 0. The van der Waals surface area contributed by atoms with Crippen LogP contribution < -0.4 is 9.64 Å². The van der Waals surface area contributed by atoms with Crippen LogP contribution in [-0.2, 0) is 5.41 Å². The van der Waals surface area contributed by atoms with Crippen LogP contribution in [0.25, 0.3) is 21.5 Å². The number of nitrogens with zero attached hydrogens (tertiary/aromatic N) is 3. The predicted molar refractivity (Wildman–Crippen MR) is 135 cm³/mol. The lowest BCUT2D eigenvalue weighted by molar-refractivity contribution is -0.383. The lowest BCUT2D eigenvalue weighted by Crippen LogP contribution is -2.63. The van der Waals surface area contributed by atoms with Gasteiger partial charge in [-0.05, 0) is 55.2 Å². The zero-order valence-corrected chi connectivity index (χ0v) is 19.0. The first-order valence-corrected chi connectivity index (χ1v) is 11.7. The number of non-ortho nitro benzene ring substituents is 1. The van der Waals surface area contributed by atoms with Crippen molar-refractivity contribution in [2.24, 2.45) is 4.99 Å². The number of fused-ring (bicyclic) bond motifs is 6. The molecule has 1 atom stereocenters. The van der Waals surface area contributed by atoms with Crippen molar-refractivity contribution < 1.29 is 9.66 Å². The molecule has 34 heavy (non-hydrogen) atoms. The first kappa shape index (κ1) is 19.5. The number of benzene rings is 4. The summed E-state index contributed by atoms with van der Waals surface area (Å²) in [6.45, 7) is 4.45. The van der Waals surface area contributed by atoms with Gasteiger partial charge in [0.05, 0.1) is 21.9 Å². The molecule has 2 heterocycles. The minimum atomic E-state index is -0.827. The van der Waals surface area contributed by atoms with E-state index in [1.807, 2.05) is 24.4 Å². The number of rotatable bonds is 2. The van der Waals surface area contributed by atoms with E-state index >= 15 is 0 Å². The number of anilines is 1. The third-order valence-corrected chi connectivity index (χ3v) is 7.74. The van der Waals surface area contributed by atoms with Gasteiger partial charge in [-0.2, -0.15) is 0 Å². The second kappa shape index (κ2) is 6.35. The van der Waals surface area contributed by atoms with E-state index in [0.29, 0.717) is 22.9 Å². The lowest BCUT2D eigenvalue weighted by Gasteiger charge is -2.46. The van der Waals surface area contributed by atoms with Gasteiger partial charge >= 0.3 is 0 Å². The Labute approximate surface area is 196 Å². The van der Waals surface area contributed by atoms with Gasteiger partial charge < -0.3 is 9.64 Å². The maximum atomic E-state index is 11.8. The molecule has 0 bridgehead atoms. The van der Waals surface area contributed by atoms with E-state index < -0.39 is 11.1 Å². The summed E-state index contributed by atoms with van der Waals surface area (Å²) < 4.78 is 7.04. The topological polar surface area (TPSA) is 68.0 Å². The summed E-state index contributed by atoms with van der Waals surface area (Å²) in [4.78, 5) is 18.7. The number of ether oxygens (including phenoxy) is 1. The third-order valence-electron chi connectivity index (χ3n) is 7.74. The van der Waals surface area contributed by atoms with Crippen LogP contribution in [0, 0.1) is 10.1 Å². The normalized spacial score (nSPS) is 22.1. The second-order valence-electron chi connectivity index (χ2n) is 10.0. The Kier molecular flexibility index (Phi) is 3.65. The van der Waals surface area contributed by atoms with Crippen LogP contribution in [0.4, 0.5) is 17.1 Å². The maximum absolute atomic E-state index is 11.8. The molecule has 6 heteroatoms. The van der Waals surface area contributed by atoms with E-state index in [-0.39, 0.29) is 10.6 Å². The fourth-order valence-corrected chi connectivity index (χ4v) is 5.99. The van der Waals surface area contributed by atoms with Gasteiger partial charge in [-0.25, -0.2) is 0 Å². The van der Waals surface area contributed by atoms with Crippen LogP contribution >= 0.6 is 0 Å². The number of aliphatic imine (C=N–C) groups is 1. The molecule has 1 unspecified atom stereocenters. The first-order chi connectivity index (χ1) is 16.4. The molecule has 1 aliphatic carbocycles. The highest BCUT2D eigenvalue weighted by Gasteiger charge is 2.63. The van der Waals surface area contributed by atoms with Crippen LogP contribution in [0.3, 0.4) is 0 Å². The summed E-state index contributed by atoms with van der Waals surface area (Å²) in [6, 6.07) is 22.2. The van der Waals surface area contributed by atoms with E-state index in [2.05, 4.69) is 55.1 Å². The Balaban J connectivity index is 1.51. The van der Waals surface area contributed by atoms with Crippen LogP contribution in [0.5, 0.6) is 5.75 Å². The molecular weight excluding hydrogens is 426 g/mol.